The summed E-state index contributed by atoms with van der Waals surface area (Å²) < 4.78 is 2.72. The van der Waals surface area contributed by atoms with Gasteiger partial charge in [-0.25, -0.2) is 0 Å². The monoisotopic (exact) mass is 213 g/mol. The molecular weight excluding hydrogens is 186 g/mol. The Bertz CT molecular complexity index is 164. The molecule has 1 atom stereocenters. The second kappa shape index (κ2) is 7.24. The van der Waals surface area contributed by atoms with Crippen LogP contribution in [0.3, 0.4) is 0 Å². The van der Waals surface area contributed by atoms with E-state index >= 15 is 0 Å². The van der Waals surface area contributed by atoms with Crippen molar-refractivity contribution in [3.63, 3.8) is 0 Å². The van der Waals surface area contributed by atoms with E-state index in [1.54, 1.807) is 0 Å². The molecule has 0 aliphatic rings. The van der Waals surface area contributed by atoms with E-state index < -0.39 is 8.24 Å². The highest BCUT2D eigenvalue weighted by molar-refractivity contribution is 6.81. The summed E-state index contributed by atoms with van der Waals surface area (Å²) in [6, 6.07) is 2.77. The molecule has 0 saturated heterocycles. The van der Waals surface area contributed by atoms with Crippen molar-refractivity contribution in [3.05, 3.63) is 11.8 Å². The van der Waals surface area contributed by atoms with E-state index in [1.165, 1.54) is 31.6 Å². The number of hydrogen-bond acceptors (Lipinski definition) is 1. The maximum absolute atomic E-state index is 2.72. The zero-order valence-corrected chi connectivity index (χ0v) is 11.6. The molecule has 14 heavy (non-hydrogen) atoms. The third kappa shape index (κ3) is 3.25. The van der Waals surface area contributed by atoms with Gasteiger partial charge in [0.1, 0.15) is 0 Å². The Hall–Kier alpha value is -0.0831. The van der Waals surface area contributed by atoms with Crippen LogP contribution in [0.4, 0.5) is 0 Å². The number of allylic oxidation sites excluding steroid dienone is 1. The van der Waals surface area contributed by atoms with Crippen LogP contribution in [0.15, 0.2) is 11.8 Å². The first kappa shape index (κ1) is 13.9. The lowest BCUT2D eigenvalue weighted by Crippen LogP contribution is -2.51. The number of hydrogen-bond donors (Lipinski definition) is 0. The normalized spacial score (nSPS) is 16.4. The van der Waals surface area contributed by atoms with Crippen molar-refractivity contribution in [2.75, 3.05) is 13.1 Å². The van der Waals surface area contributed by atoms with E-state index in [2.05, 4.69) is 51.0 Å². The molecule has 1 nitrogen and oxygen atoms in total. The topological polar surface area (TPSA) is 3.24 Å². The van der Waals surface area contributed by atoms with E-state index in [1.807, 2.05) is 0 Å². The smallest absolute Gasteiger partial charge is 0.152 e. The molecule has 84 valence electrons. The van der Waals surface area contributed by atoms with Gasteiger partial charge in [0.2, 0.25) is 0 Å². The van der Waals surface area contributed by atoms with Crippen LogP contribution in [0.25, 0.3) is 0 Å². The minimum atomic E-state index is -1.25. The van der Waals surface area contributed by atoms with Crippen molar-refractivity contribution in [2.45, 2.75) is 53.1 Å². The fraction of sp³-hybridized carbons (Fsp3) is 0.833. The van der Waals surface area contributed by atoms with Gasteiger partial charge in [-0.2, -0.15) is 0 Å². The highest BCUT2D eigenvalue weighted by Crippen LogP contribution is 2.23. The van der Waals surface area contributed by atoms with Gasteiger partial charge in [-0.05, 0) is 32.1 Å². The molecule has 0 bridgehead atoms. The van der Waals surface area contributed by atoms with Gasteiger partial charge in [-0.15, -0.1) is 0 Å². The summed E-state index contributed by atoms with van der Waals surface area (Å²) >= 11 is 0. The van der Waals surface area contributed by atoms with Crippen molar-refractivity contribution in [1.82, 2.24) is 4.57 Å². The summed E-state index contributed by atoms with van der Waals surface area (Å²) in [5, 5.41) is 0. The maximum Gasteiger partial charge on any atom is 0.152 e. The quantitative estimate of drug-likeness (QED) is 0.581. The lowest BCUT2D eigenvalue weighted by Gasteiger charge is -2.38. The third-order valence-electron chi connectivity index (χ3n) is 3.17. The molecule has 0 fully saturated rings. The molecule has 0 spiro atoms. The van der Waals surface area contributed by atoms with Gasteiger partial charge in [0.05, 0.1) is 0 Å². The Labute approximate surface area is 91.3 Å². The van der Waals surface area contributed by atoms with E-state index in [-0.39, 0.29) is 0 Å². The summed E-state index contributed by atoms with van der Waals surface area (Å²) in [5.41, 5.74) is 2.53. The molecule has 0 radical (unpaired) electrons. The van der Waals surface area contributed by atoms with Crippen molar-refractivity contribution in [3.8, 4) is 0 Å². The minimum Gasteiger partial charge on any atom is -0.321 e. The van der Waals surface area contributed by atoms with Crippen LogP contribution in [0.1, 0.15) is 41.0 Å². The molecule has 0 amide bonds. The van der Waals surface area contributed by atoms with Crippen LogP contribution in [0, 0.1) is 0 Å². The fourth-order valence-electron chi connectivity index (χ4n) is 2.46. The van der Waals surface area contributed by atoms with Crippen LogP contribution in [0.2, 0.25) is 12.1 Å². The zero-order chi connectivity index (χ0) is 11.0. The largest absolute Gasteiger partial charge is 0.321 e. The van der Waals surface area contributed by atoms with Crippen molar-refractivity contribution >= 4 is 8.24 Å². The lowest BCUT2D eigenvalue weighted by atomic mass is 10.6. The predicted molar refractivity (Wildman–Crippen MR) is 69.1 cm³/mol. The second-order valence-electron chi connectivity index (χ2n) is 3.88. The van der Waals surface area contributed by atoms with Crippen molar-refractivity contribution in [1.29, 1.82) is 0 Å². The van der Waals surface area contributed by atoms with Gasteiger partial charge in [0.15, 0.2) is 8.24 Å². The first-order valence-electron chi connectivity index (χ1n) is 6.09. The van der Waals surface area contributed by atoms with Crippen molar-refractivity contribution < 1.29 is 0 Å². The second-order valence-corrected chi connectivity index (χ2v) is 8.26. The van der Waals surface area contributed by atoms with Gasteiger partial charge in [0, 0.05) is 0 Å². The summed E-state index contributed by atoms with van der Waals surface area (Å²) in [6.45, 7) is 13.8. The van der Waals surface area contributed by atoms with Crippen LogP contribution >= 0.6 is 0 Å². The molecule has 0 heterocycles. The first-order chi connectivity index (χ1) is 6.70. The predicted octanol–water partition coefficient (Wildman–Crippen LogP) is 3.82. The molecule has 0 saturated carbocycles. The summed E-state index contributed by atoms with van der Waals surface area (Å²) in [6.07, 6.45) is 3.59. The summed E-state index contributed by atoms with van der Waals surface area (Å²) in [7, 11) is -1.25. The van der Waals surface area contributed by atoms with Gasteiger partial charge in [-0.3, -0.25) is 0 Å². The molecular formula is C12H27NSi. The van der Waals surface area contributed by atoms with Crippen LogP contribution in [0.5, 0.6) is 0 Å². The molecule has 0 aromatic rings. The van der Waals surface area contributed by atoms with Crippen molar-refractivity contribution in [2.24, 2.45) is 0 Å². The van der Waals surface area contributed by atoms with Gasteiger partial charge < -0.3 is 4.57 Å². The average Bonchev–Trinajstić information content (AvgIpc) is 2.20. The van der Waals surface area contributed by atoms with Crippen LogP contribution in [-0.4, -0.2) is 25.9 Å². The Balaban J connectivity index is 4.78. The molecule has 0 aliphatic carbocycles. The van der Waals surface area contributed by atoms with Gasteiger partial charge in [0.25, 0.3) is 0 Å². The Morgan fingerprint density at radius 1 is 1.07 bits per heavy atom. The molecule has 0 aliphatic heterocycles. The maximum atomic E-state index is 2.72. The third-order valence-corrected chi connectivity index (χ3v) is 8.60. The van der Waals surface area contributed by atoms with Gasteiger partial charge in [-0.1, -0.05) is 45.9 Å². The summed E-state index contributed by atoms with van der Waals surface area (Å²) in [5.74, 6) is 0. The van der Waals surface area contributed by atoms with E-state index in [0.717, 1.165) is 0 Å². The molecule has 1 unspecified atom stereocenters. The van der Waals surface area contributed by atoms with Crippen LogP contribution in [-0.2, 0) is 0 Å². The van der Waals surface area contributed by atoms with E-state index in [9.17, 15) is 0 Å². The molecule has 0 aromatic heterocycles. The Morgan fingerprint density at radius 3 is 1.93 bits per heavy atom. The average molecular weight is 213 g/mol. The molecule has 0 N–H and O–H groups in total. The first-order valence-corrected chi connectivity index (χ1v) is 8.53. The van der Waals surface area contributed by atoms with Gasteiger partial charge >= 0.3 is 0 Å². The van der Waals surface area contributed by atoms with E-state index in [4.69, 9.17) is 0 Å². The highest BCUT2D eigenvalue weighted by Gasteiger charge is 2.32. The fourth-order valence-corrected chi connectivity index (χ4v) is 6.94. The zero-order valence-electron chi connectivity index (χ0n) is 10.6. The Kier molecular flexibility index (Phi) is 7.20. The minimum absolute atomic E-state index is 1.21. The summed E-state index contributed by atoms with van der Waals surface area (Å²) in [4.78, 5) is 0. The molecule has 0 rings (SSSR count). The van der Waals surface area contributed by atoms with E-state index in [0.29, 0.717) is 0 Å². The Morgan fingerprint density at radius 2 is 1.64 bits per heavy atom. The molecule has 2 heteroatoms. The number of rotatable bonds is 7. The molecule has 0 aromatic carbocycles. The SMILES string of the molecule is CC=C[Si](CC)(CCC)N(CC)CC. The van der Waals surface area contributed by atoms with Crippen LogP contribution < -0.4 is 0 Å². The standard InChI is InChI=1S/C12H27NSi/c1-6-11-14(10-5,12-7-2)13(8-3)9-4/h6,11H,7-10,12H2,1-5H3. The highest BCUT2D eigenvalue weighted by atomic mass is 28.3. The number of nitrogens with zero attached hydrogens (tertiary/aromatic N) is 1. The lowest BCUT2D eigenvalue weighted by molar-refractivity contribution is 0.462.